The van der Waals surface area contributed by atoms with E-state index in [-0.39, 0.29) is 12.4 Å². The van der Waals surface area contributed by atoms with Crippen molar-refractivity contribution < 1.29 is 14.3 Å². The second kappa shape index (κ2) is 8.05. The third-order valence-corrected chi connectivity index (χ3v) is 5.98. The number of Topliss-reactive ketones (excluding diaryl/α,β-unsaturated/α-hetero) is 1. The SMILES string of the molecule is O=C(COC(=O)c1ccc2nc3c4ccccc4c4ccccc4c3nc2c1)c1ccccc1. The van der Waals surface area contributed by atoms with Crippen molar-refractivity contribution in [1.82, 2.24) is 9.97 Å². The number of aromatic nitrogens is 2. The van der Waals surface area contributed by atoms with Crippen LogP contribution >= 0.6 is 0 Å². The lowest BCUT2D eigenvalue weighted by Gasteiger charge is -2.10. The minimum atomic E-state index is -0.573. The first kappa shape index (κ1) is 20.0. The molecular weight excluding hydrogens is 424 g/mol. The van der Waals surface area contributed by atoms with Gasteiger partial charge in [0, 0.05) is 16.3 Å². The normalized spacial score (nSPS) is 11.3. The minimum absolute atomic E-state index is 0.251. The highest BCUT2D eigenvalue weighted by atomic mass is 16.5. The lowest BCUT2D eigenvalue weighted by Crippen LogP contribution is -2.14. The number of ether oxygens (including phenoxy) is 1. The number of nitrogens with zero attached hydrogens (tertiary/aromatic N) is 2. The Morgan fingerprint density at radius 1 is 0.588 bits per heavy atom. The van der Waals surface area contributed by atoms with E-state index in [1.807, 2.05) is 36.4 Å². The van der Waals surface area contributed by atoms with Crippen LogP contribution in [0.1, 0.15) is 20.7 Å². The summed E-state index contributed by atoms with van der Waals surface area (Å²) in [4.78, 5) is 34.7. The van der Waals surface area contributed by atoms with Gasteiger partial charge in [0.05, 0.1) is 27.6 Å². The quantitative estimate of drug-likeness (QED) is 0.142. The summed E-state index contributed by atoms with van der Waals surface area (Å²) < 4.78 is 5.27. The Kier molecular flexibility index (Phi) is 4.73. The topological polar surface area (TPSA) is 69.2 Å². The average molecular weight is 442 g/mol. The van der Waals surface area contributed by atoms with Crippen LogP contribution in [0.15, 0.2) is 97.1 Å². The number of hydrogen-bond donors (Lipinski definition) is 0. The Bertz CT molecular complexity index is 1740. The summed E-state index contributed by atoms with van der Waals surface area (Å²) in [7, 11) is 0. The molecule has 162 valence electrons. The summed E-state index contributed by atoms with van der Waals surface area (Å²) in [6.45, 7) is -0.319. The fraction of sp³-hybridized carbons (Fsp3) is 0.0345. The molecular formula is C29H18N2O3. The molecule has 0 bridgehead atoms. The Morgan fingerprint density at radius 3 is 1.79 bits per heavy atom. The van der Waals surface area contributed by atoms with Gasteiger partial charge in [0.1, 0.15) is 0 Å². The van der Waals surface area contributed by atoms with Crippen LogP contribution in [0.3, 0.4) is 0 Å². The lowest BCUT2D eigenvalue weighted by atomic mass is 9.99. The molecule has 0 aliphatic heterocycles. The van der Waals surface area contributed by atoms with Crippen molar-refractivity contribution in [3.63, 3.8) is 0 Å². The van der Waals surface area contributed by atoms with Crippen molar-refractivity contribution in [2.45, 2.75) is 0 Å². The van der Waals surface area contributed by atoms with E-state index in [0.717, 1.165) is 32.6 Å². The molecule has 0 unspecified atom stereocenters. The first-order valence-electron chi connectivity index (χ1n) is 11.0. The van der Waals surface area contributed by atoms with Crippen molar-refractivity contribution in [2.24, 2.45) is 0 Å². The molecule has 34 heavy (non-hydrogen) atoms. The van der Waals surface area contributed by atoms with Gasteiger partial charge in [-0.05, 0) is 29.0 Å². The molecule has 0 radical (unpaired) electrons. The summed E-state index contributed by atoms with van der Waals surface area (Å²) in [6.07, 6.45) is 0. The molecule has 5 nitrogen and oxygen atoms in total. The maximum Gasteiger partial charge on any atom is 0.338 e. The van der Waals surface area contributed by atoms with Gasteiger partial charge in [0.25, 0.3) is 0 Å². The Morgan fingerprint density at radius 2 is 1.15 bits per heavy atom. The standard InChI is InChI=1S/C29H18N2O3/c32-26(18-8-2-1-3-9-18)17-34-29(33)19-14-15-24-25(16-19)31-28-23-13-7-5-11-21(23)20-10-4-6-12-22(20)27(28)30-24/h1-16H,17H2. The van der Waals surface area contributed by atoms with E-state index in [2.05, 4.69) is 18.2 Å². The number of fused-ring (bicyclic) bond motifs is 7. The zero-order chi connectivity index (χ0) is 23.1. The number of ketones is 1. The van der Waals surface area contributed by atoms with Crippen molar-refractivity contribution in [3.05, 3.63) is 108 Å². The largest absolute Gasteiger partial charge is 0.454 e. The molecule has 6 rings (SSSR count). The minimum Gasteiger partial charge on any atom is -0.454 e. The first-order valence-corrected chi connectivity index (χ1v) is 11.0. The van der Waals surface area contributed by atoms with E-state index < -0.39 is 5.97 Å². The molecule has 0 saturated carbocycles. The highest BCUT2D eigenvalue weighted by Gasteiger charge is 2.15. The van der Waals surface area contributed by atoms with Crippen LogP contribution in [0.2, 0.25) is 0 Å². The highest BCUT2D eigenvalue weighted by molar-refractivity contribution is 6.23. The second-order valence-electron chi connectivity index (χ2n) is 8.08. The molecule has 0 fully saturated rings. The monoisotopic (exact) mass is 442 g/mol. The molecule has 5 aromatic carbocycles. The molecule has 1 aromatic heterocycles. The third kappa shape index (κ3) is 3.35. The fourth-order valence-electron chi connectivity index (χ4n) is 4.33. The van der Waals surface area contributed by atoms with Crippen molar-refractivity contribution in [1.29, 1.82) is 0 Å². The Balaban J connectivity index is 1.41. The van der Waals surface area contributed by atoms with Gasteiger partial charge >= 0.3 is 5.97 Å². The van der Waals surface area contributed by atoms with Crippen LogP contribution in [0.5, 0.6) is 0 Å². The molecule has 0 amide bonds. The number of hydrogen-bond acceptors (Lipinski definition) is 5. The number of carbonyl (C=O) groups is 2. The van der Waals surface area contributed by atoms with Crippen molar-refractivity contribution in [3.8, 4) is 0 Å². The number of carbonyl (C=O) groups excluding carboxylic acids is 2. The molecule has 0 aliphatic carbocycles. The lowest BCUT2D eigenvalue weighted by molar-refractivity contribution is 0.0475. The maximum atomic E-state index is 12.7. The molecule has 0 spiro atoms. The van der Waals surface area contributed by atoms with E-state index in [9.17, 15) is 9.59 Å². The Hall–Kier alpha value is -4.64. The molecule has 6 aromatic rings. The van der Waals surface area contributed by atoms with Gasteiger partial charge in [-0.25, -0.2) is 14.8 Å². The van der Waals surface area contributed by atoms with Crippen LogP contribution < -0.4 is 0 Å². The van der Waals surface area contributed by atoms with Gasteiger partial charge in [-0.3, -0.25) is 4.79 Å². The predicted molar refractivity (Wildman–Crippen MR) is 133 cm³/mol. The van der Waals surface area contributed by atoms with Gasteiger partial charge in [-0.2, -0.15) is 0 Å². The van der Waals surface area contributed by atoms with Crippen LogP contribution in [0, 0.1) is 0 Å². The van der Waals surface area contributed by atoms with E-state index in [1.54, 1.807) is 42.5 Å². The molecule has 0 saturated heterocycles. The second-order valence-corrected chi connectivity index (χ2v) is 8.08. The van der Waals surface area contributed by atoms with E-state index in [1.165, 1.54) is 0 Å². The molecule has 0 aliphatic rings. The van der Waals surface area contributed by atoms with Crippen LogP contribution in [0.4, 0.5) is 0 Å². The van der Waals surface area contributed by atoms with Crippen LogP contribution in [-0.4, -0.2) is 28.3 Å². The third-order valence-electron chi connectivity index (χ3n) is 5.98. The van der Waals surface area contributed by atoms with Crippen LogP contribution in [-0.2, 0) is 4.74 Å². The van der Waals surface area contributed by atoms with Crippen molar-refractivity contribution in [2.75, 3.05) is 6.61 Å². The molecule has 5 heteroatoms. The molecule has 0 atom stereocenters. The number of benzene rings is 5. The molecule has 1 heterocycles. The van der Waals surface area contributed by atoms with E-state index in [0.29, 0.717) is 22.2 Å². The van der Waals surface area contributed by atoms with Crippen molar-refractivity contribution >= 4 is 55.4 Å². The summed E-state index contributed by atoms with van der Waals surface area (Å²) in [5.41, 5.74) is 3.72. The predicted octanol–water partition coefficient (Wildman–Crippen LogP) is 6.13. The summed E-state index contributed by atoms with van der Waals surface area (Å²) >= 11 is 0. The van der Waals surface area contributed by atoms with Gasteiger partial charge in [-0.1, -0.05) is 78.9 Å². The summed E-state index contributed by atoms with van der Waals surface area (Å²) in [5.74, 6) is -0.824. The van der Waals surface area contributed by atoms with Gasteiger partial charge in [0.15, 0.2) is 12.4 Å². The van der Waals surface area contributed by atoms with Gasteiger partial charge < -0.3 is 4.74 Å². The number of esters is 1. The highest BCUT2D eigenvalue weighted by Crippen LogP contribution is 2.34. The number of rotatable bonds is 4. The average Bonchev–Trinajstić information content (AvgIpc) is 2.91. The summed E-state index contributed by atoms with van der Waals surface area (Å²) in [6, 6.07) is 30.1. The zero-order valence-electron chi connectivity index (χ0n) is 18.1. The fourth-order valence-corrected chi connectivity index (χ4v) is 4.33. The molecule has 0 N–H and O–H groups in total. The van der Waals surface area contributed by atoms with E-state index in [4.69, 9.17) is 14.7 Å². The smallest absolute Gasteiger partial charge is 0.338 e. The zero-order valence-corrected chi connectivity index (χ0v) is 18.1. The maximum absolute atomic E-state index is 12.7. The summed E-state index contributed by atoms with van der Waals surface area (Å²) in [5, 5.41) is 4.28. The van der Waals surface area contributed by atoms with E-state index >= 15 is 0 Å². The van der Waals surface area contributed by atoms with Gasteiger partial charge in [-0.15, -0.1) is 0 Å². The van der Waals surface area contributed by atoms with Crippen LogP contribution in [0.25, 0.3) is 43.6 Å². The Labute approximate surface area is 194 Å². The van der Waals surface area contributed by atoms with Gasteiger partial charge in [0.2, 0.25) is 0 Å². The first-order chi connectivity index (χ1) is 16.7.